The third-order valence-electron chi connectivity index (χ3n) is 6.18. The average Bonchev–Trinajstić information content (AvgIpc) is 3.22. The normalized spacial score (nSPS) is 15.0. The number of ether oxygens (including phenoxy) is 1. The zero-order valence-electron chi connectivity index (χ0n) is 20.5. The van der Waals surface area contributed by atoms with Gasteiger partial charge in [0.1, 0.15) is 5.75 Å². The molecule has 38 heavy (non-hydrogen) atoms. The number of thiazole rings is 1. The van der Waals surface area contributed by atoms with Gasteiger partial charge in [0.25, 0.3) is 11.5 Å². The maximum absolute atomic E-state index is 13.7. The second kappa shape index (κ2) is 10.3. The standard InChI is InChI=1S/C29H23N3O5S/c1-17-24(26(33)31-21-6-4-3-5-7-21)25(19-12-14-22(37-2)15-13-19)32-27(34)23(38-29(32)30-17)16-18-8-10-20(11-9-18)28(35)36/h3-16,25H,1-2H3,(H,31,33)(H,35,36). The summed E-state index contributed by atoms with van der Waals surface area (Å²) >= 11 is 1.22. The van der Waals surface area contributed by atoms with E-state index >= 15 is 0 Å². The second-order valence-corrected chi connectivity index (χ2v) is 9.61. The zero-order valence-corrected chi connectivity index (χ0v) is 21.4. The van der Waals surface area contributed by atoms with E-state index in [-0.39, 0.29) is 17.0 Å². The molecule has 1 aliphatic rings. The summed E-state index contributed by atoms with van der Waals surface area (Å²) in [6.07, 6.45) is 1.70. The molecular formula is C29H23N3O5S. The predicted octanol–water partition coefficient (Wildman–Crippen LogP) is 3.58. The van der Waals surface area contributed by atoms with Crippen LogP contribution in [0.25, 0.3) is 6.08 Å². The molecule has 1 aromatic heterocycles. The maximum Gasteiger partial charge on any atom is 0.335 e. The van der Waals surface area contributed by atoms with E-state index in [1.54, 1.807) is 56.5 Å². The van der Waals surface area contributed by atoms with Gasteiger partial charge in [0.05, 0.1) is 34.5 Å². The number of benzene rings is 3. The highest BCUT2D eigenvalue weighted by atomic mass is 32.1. The molecule has 0 spiro atoms. The van der Waals surface area contributed by atoms with Crippen molar-refractivity contribution in [2.45, 2.75) is 13.0 Å². The molecule has 3 aromatic carbocycles. The van der Waals surface area contributed by atoms with Crippen molar-refractivity contribution in [2.24, 2.45) is 4.99 Å². The fourth-order valence-electron chi connectivity index (χ4n) is 4.31. The molecule has 1 unspecified atom stereocenters. The Kier molecular flexibility index (Phi) is 6.76. The number of aromatic nitrogens is 1. The molecule has 0 saturated carbocycles. The minimum Gasteiger partial charge on any atom is -0.497 e. The number of allylic oxidation sites excluding steroid dienone is 1. The fraction of sp³-hybridized carbons (Fsp3) is 0.103. The van der Waals surface area contributed by atoms with Crippen molar-refractivity contribution in [3.63, 3.8) is 0 Å². The zero-order chi connectivity index (χ0) is 26.8. The molecule has 1 amide bonds. The van der Waals surface area contributed by atoms with Crippen LogP contribution in [0.4, 0.5) is 5.69 Å². The highest BCUT2D eigenvalue weighted by Crippen LogP contribution is 2.31. The van der Waals surface area contributed by atoms with Crippen LogP contribution in [0.5, 0.6) is 5.75 Å². The van der Waals surface area contributed by atoms with Crippen LogP contribution in [0.2, 0.25) is 0 Å². The molecule has 5 rings (SSSR count). The van der Waals surface area contributed by atoms with E-state index in [0.29, 0.717) is 37.6 Å². The number of carboxylic acid groups (broad SMARTS) is 1. The van der Waals surface area contributed by atoms with Gasteiger partial charge in [-0.2, -0.15) is 0 Å². The van der Waals surface area contributed by atoms with E-state index < -0.39 is 12.0 Å². The average molecular weight is 526 g/mol. The fourth-order valence-corrected chi connectivity index (χ4v) is 5.35. The summed E-state index contributed by atoms with van der Waals surface area (Å²) in [5.41, 5.74) is 2.79. The van der Waals surface area contributed by atoms with Gasteiger partial charge in [-0.05, 0) is 60.5 Å². The Labute approximate surface area is 221 Å². The summed E-state index contributed by atoms with van der Waals surface area (Å²) in [4.78, 5) is 43.6. The number of nitrogens with zero attached hydrogens (tertiary/aromatic N) is 2. The van der Waals surface area contributed by atoms with Crippen LogP contribution in [-0.2, 0) is 4.79 Å². The minimum atomic E-state index is -1.02. The number of carboxylic acids is 1. The molecule has 190 valence electrons. The third-order valence-corrected chi connectivity index (χ3v) is 7.17. The first-order valence-corrected chi connectivity index (χ1v) is 12.5. The third kappa shape index (κ3) is 4.79. The number of hydrogen-bond acceptors (Lipinski definition) is 6. The molecule has 0 aliphatic carbocycles. The van der Waals surface area contributed by atoms with Crippen LogP contribution in [0, 0.1) is 0 Å². The molecule has 0 bridgehead atoms. The van der Waals surface area contributed by atoms with Crippen molar-refractivity contribution in [3.8, 4) is 5.75 Å². The van der Waals surface area contributed by atoms with E-state index in [9.17, 15) is 14.4 Å². The molecule has 4 aromatic rings. The first-order valence-electron chi connectivity index (χ1n) is 11.7. The molecular weight excluding hydrogens is 502 g/mol. The number of anilines is 1. The first kappa shape index (κ1) is 24.9. The predicted molar refractivity (Wildman–Crippen MR) is 145 cm³/mol. The lowest BCUT2D eigenvalue weighted by molar-refractivity contribution is -0.113. The summed E-state index contributed by atoms with van der Waals surface area (Å²) in [6.45, 7) is 1.76. The number of methoxy groups -OCH3 is 1. The van der Waals surface area contributed by atoms with Gasteiger partial charge in [0.15, 0.2) is 4.80 Å². The van der Waals surface area contributed by atoms with Crippen molar-refractivity contribution < 1.29 is 19.4 Å². The summed E-state index contributed by atoms with van der Waals surface area (Å²) in [7, 11) is 1.57. The largest absolute Gasteiger partial charge is 0.497 e. The van der Waals surface area contributed by atoms with Crippen LogP contribution >= 0.6 is 11.3 Å². The van der Waals surface area contributed by atoms with E-state index in [4.69, 9.17) is 9.84 Å². The smallest absolute Gasteiger partial charge is 0.335 e. The number of para-hydroxylation sites is 1. The van der Waals surface area contributed by atoms with Crippen LogP contribution < -0.4 is 24.9 Å². The Morgan fingerprint density at radius 2 is 1.71 bits per heavy atom. The number of rotatable bonds is 6. The lowest BCUT2D eigenvalue weighted by atomic mass is 9.95. The summed E-state index contributed by atoms with van der Waals surface area (Å²) < 4.78 is 7.26. The molecule has 8 nitrogen and oxygen atoms in total. The molecule has 1 atom stereocenters. The molecule has 0 saturated heterocycles. The number of hydrogen-bond donors (Lipinski definition) is 2. The van der Waals surface area contributed by atoms with E-state index in [1.807, 2.05) is 30.3 Å². The maximum atomic E-state index is 13.7. The van der Waals surface area contributed by atoms with Crippen LogP contribution in [0.15, 0.2) is 99.9 Å². The van der Waals surface area contributed by atoms with Crippen LogP contribution in [0.1, 0.15) is 34.5 Å². The quantitative estimate of drug-likeness (QED) is 0.400. The van der Waals surface area contributed by atoms with Crippen LogP contribution in [-0.4, -0.2) is 28.7 Å². The highest BCUT2D eigenvalue weighted by molar-refractivity contribution is 7.07. The number of fused-ring (bicyclic) bond motifs is 1. The van der Waals surface area contributed by atoms with E-state index in [2.05, 4.69) is 10.3 Å². The Bertz CT molecular complexity index is 1740. The number of nitrogens with one attached hydrogen (secondary N) is 1. The molecule has 0 radical (unpaired) electrons. The second-order valence-electron chi connectivity index (χ2n) is 8.60. The van der Waals surface area contributed by atoms with Gasteiger partial charge in [-0.25, -0.2) is 9.79 Å². The van der Waals surface area contributed by atoms with Gasteiger partial charge in [-0.15, -0.1) is 0 Å². The number of carbonyl (C=O) groups excluding carboxylic acids is 1. The molecule has 9 heteroatoms. The SMILES string of the molecule is COc1ccc(C2C(C(=O)Nc3ccccc3)=C(C)N=c3sc(=Cc4ccc(C(=O)O)cc4)c(=O)n32)cc1. The van der Waals surface area contributed by atoms with Crippen molar-refractivity contribution >= 4 is 35.0 Å². The minimum absolute atomic E-state index is 0.160. The summed E-state index contributed by atoms with van der Waals surface area (Å²) in [5.74, 6) is -0.717. The van der Waals surface area contributed by atoms with Crippen molar-refractivity contribution in [2.75, 3.05) is 12.4 Å². The van der Waals surface area contributed by atoms with Crippen molar-refractivity contribution in [1.29, 1.82) is 0 Å². The van der Waals surface area contributed by atoms with Gasteiger partial charge in [0.2, 0.25) is 0 Å². The number of amides is 1. The summed E-state index contributed by atoms with van der Waals surface area (Å²) in [5, 5.41) is 12.1. The van der Waals surface area contributed by atoms with E-state index in [0.717, 1.165) is 5.56 Å². The van der Waals surface area contributed by atoms with Crippen molar-refractivity contribution in [3.05, 3.63) is 127 Å². The number of aromatic carboxylic acids is 1. The lowest BCUT2D eigenvalue weighted by Gasteiger charge is -2.25. The highest BCUT2D eigenvalue weighted by Gasteiger charge is 2.32. The van der Waals surface area contributed by atoms with Gasteiger partial charge in [0, 0.05) is 5.69 Å². The number of carbonyl (C=O) groups is 2. The van der Waals surface area contributed by atoms with Crippen LogP contribution in [0.3, 0.4) is 0 Å². The van der Waals surface area contributed by atoms with Crippen molar-refractivity contribution in [1.82, 2.24) is 4.57 Å². The molecule has 0 fully saturated rings. The molecule has 1 aliphatic heterocycles. The van der Waals surface area contributed by atoms with E-state index in [1.165, 1.54) is 28.0 Å². The Morgan fingerprint density at radius 1 is 1.03 bits per heavy atom. The Balaban J connectivity index is 1.64. The summed E-state index contributed by atoms with van der Waals surface area (Å²) in [6, 6.07) is 21.9. The molecule has 2 N–H and O–H groups in total. The van der Waals surface area contributed by atoms with Gasteiger partial charge >= 0.3 is 5.97 Å². The van der Waals surface area contributed by atoms with Gasteiger partial charge in [-0.3, -0.25) is 14.2 Å². The lowest BCUT2D eigenvalue weighted by Crippen LogP contribution is -2.40. The van der Waals surface area contributed by atoms with Gasteiger partial charge in [-0.1, -0.05) is 53.8 Å². The topological polar surface area (TPSA) is 110 Å². The Hall–Kier alpha value is -4.76. The monoisotopic (exact) mass is 525 g/mol. The Morgan fingerprint density at radius 3 is 2.34 bits per heavy atom. The van der Waals surface area contributed by atoms with Gasteiger partial charge < -0.3 is 15.2 Å². The first-order chi connectivity index (χ1) is 18.4. The molecule has 2 heterocycles.